The normalized spacial score (nSPS) is 11.5. The summed E-state index contributed by atoms with van der Waals surface area (Å²) >= 11 is 0. The molecule has 0 saturated heterocycles. The van der Waals surface area contributed by atoms with Gasteiger partial charge in [-0.2, -0.15) is 0 Å². The Balaban J connectivity index is 2.15. The monoisotopic (exact) mass is 362 g/mol. The molecule has 2 N–H and O–H groups in total. The van der Waals surface area contributed by atoms with Gasteiger partial charge < -0.3 is 9.73 Å². The lowest BCUT2D eigenvalue weighted by atomic mass is 10.2. The highest BCUT2D eigenvalue weighted by molar-refractivity contribution is 7.92. The van der Waals surface area contributed by atoms with Crippen LogP contribution in [-0.4, -0.2) is 15.5 Å². The minimum absolute atomic E-state index is 0.262. The number of benzene rings is 2. The van der Waals surface area contributed by atoms with E-state index in [1.807, 2.05) is 0 Å². The molecule has 0 saturated carbocycles. The Morgan fingerprint density at radius 1 is 1.08 bits per heavy atom. The lowest BCUT2D eigenvalue weighted by Gasteiger charge is -2.13. The molecule has 0 aliphatic heterocycles. The van der Waals surface area contributed by atoms with E-state index in [4.69, 9.17) is 4.42 Å². The molecule has 0 aliphatic rings. The summed E-state index contributed by atoms with van der Waals surface area (Å²) in [6.45, 7) is 1.52. The van der Waals surface area contributed by atoms with Crippen LogP contribution in [0.15, 0.2) is 56.6 Å². The first-order valence-corrected chi connectivity index (χ1v) is 8.84. The standard InChI is InChI=1S/C17H15FN2O4S/c1-10-7-8-11(9-13(10)18)25(22,23)20-16-15(19-2)12-5-3-4-6-14(12)24-17(16)21/h3-9,19-20H,1-2H3. The number of aryl methyl sites for hydroxylation is 1. The molecular weight excluding hydrogens is 347 g/mol. The molecule has 0 bridgehead atoms. The number of nitrogens with one attached hydrogen (secondary N) is 2. The van der Waals surface area contributed by atoms with E-state index in [1.165, 1.54) is 19.1 Å². The SMILES string of the molecule is CNc1c(NS(=O)(=O)c2ccc(C)c(F)c2)c(=O)oc2ccccc12. The van der Waals surface area contributed by atoms with Gasteiger partial charge in [0.2, 0.25) is 0 Å². The van der Waals surface area contributed by atoms with Crippen molar-refractivity contribution in [2.24, 2.45) is 0 Å². The first-order valence-electron chi connectivity index (χ1n) is 7.36. The maximum absolute atomic E-state index is 13.7. The highest BCUT2D eigenvalue weighted by Gasteiger charge is 2.22. The third kappa shape index (κ3) is 3.08. The van der Waals surface area contributed by atoms with Gasteiger partial charge in [0.05, 0.1) is 10.6 Å². The van der Waals surface area contributed by atoms with E-state index < -0.39 is 21.5 Å². The highest BCUT2D eigenvalue weighted by Crippen LogP contribution is 2.29. The third-order valence-corrected chi connectivity index (χ3v) is 5.10. The van der Waals surface area contributed by atoms with E-state index in [2.05, 4.69) is 10.0 Å². The van der Waals surface area contributed by atoms with Gasteiger partial charge in [0.1, 0.15) is 11.4 Å². The largest absolute Gasteiger partial charge is 0.421 e. The Morgan fingerprint density at radius 3 is 2.48 bits per heavy atom. The number of fused-ring (bicyclic) bond motifs is 1. The van der Waals surface area contributed by atoms with E-state index in [0.29, 0.717) is 16.5 Å². The Morgan fingerprint density at radius 2 is 1.80 bits per heavy atom. The Bertz CT molecular complexity index is 1120. The Hall–Kier alpha value is -2.87. The number of hydrogen-bond acceptors (Lipinski definition) is 5. The summed E-state index contributed by atoms with van der Waals surface area (Å²) in [5, 5.41) is 3.35. The van der Waals surface area contributed by atoms with Gasteiger partial charge in [-0.1, -0.05) is 18.2 Å². The number of para-hydroxylation sites is 1. The maximum atomic E-state index is 13.7. The zero-order valence-electron chi connectivity index (χ0n) is 13.5. The summed E-state index contributed by atoms with van der Waals surface area (Å²) in [4.78, 5) is 11.9. The lowest BCUT2D eigenvalue weighted by Crippen LogP contribution is -2.20. The van der Waals surface area contributed by atoms with Crippen molar-refractivity contribution in [3.63, 3.8) is 0 Å². The van der Waals surface area contributed by atoms with E-state index >= 15 is 0 Å². The maximum Gasteiger partial charge on any atom is 0.363 e. The summed E-state index contributed by atoms with van der Waals surface area (Å²) in [5.41, 5.74) is -0.189. The van der Waals surface area contributed by atoms with Crippen molar-refractivity contribution in [3.05, 3.63) is 64.3 Å². The van der Waals surface area contributed by atoms with Crippen LogP contribution in [0.3, 0.4) is 0 Å². The van der Waals surface area contributed by atoms with Crippen LogP contribution in [0.25, 0.3) is 11.0 Å². The summed E-state index contributed by atoms with van der Waals surface area (Å²) in [5.74, 6) is -0.651. The van der Waals surface area contributed by atoms with Gasteiger partial charge in [-0.15, -0.1) is 0 Å². The number of anilines is 2. The van der Waals surface area contributed by atoms with Crippen LogP contribution in [-0.2, 0) is 10.0 Å². The molecular formula is C17H15FN2O4S. The molecule has 0 radical (unpaired) electrons. The van der Waals surface area contributed by atoms with E-state index in [0.717, 1.165) is 6.07 Å². The van der Waals surface area contributed by atoms with Crippen LogP contribution < -0.4 is 15.7 Å². The van der Waals surface area contributed by atoms with Gasteiger partial charge in [0.15, 0.2) is 5.69 Å². The van der Waals surface area contributed by atoms with Gasteiger partial charge in [0, 0.05) is 12.4 Å². The molecule has 0 amide bonds. The summed E-state index contributed by atoms with van der Waals surface area (Å²) in [7, 11) is -2.61. The fourth-order valence-corrected chi connectivity index (χ4v) is 3.51. The smallest absolute Gasteiger partial charge is 0.363 e. The topological polar surface area (TPSA) is 88.4 Å². The van der Waals surface area contributed by atoms with E-state index in [9.17, 15) is 17.6 Å². The molecule has 6 nitrogen and oxygen atoms in total. The Kier molecular flexibility index (Phi) is 4.22. The van der Waals surface area contributed by atoms with Crippen LogP contribution >= 0.6 is 0 Å². The molecule has 3 aromatic rings. The number of hydrogen-bond donors (Lipinski definition) is 2. The fraction of sp³-hybridized carbons (Fsp3) is 0.118. The van der Waals surface area contributed by atoms with Gasteiger partial charge in [0.25, 0.3) is 10.0 Å². The second-order valence-corrected chi connectivity index (χ2v) is 7.08. The molecule has 3 rings (SSSR count). The molecule has 0 spiro atoms. The van der Waals surface area contributed by atoms with Gasteiger partial charge >= 0.3 is 5.63 Å². The first kappa shape index (κ1) is 17.0. The van der Waals surface area contributed by atoms with Crippen molar-refractivity contribution < 1.29 is 17.2 Å². The predicted octanol–water partition coefficient (Wildman–Crippen LogP) is 3.08. The zero-order valence-corrected chi connectivity index (χ0v) is 14.3. The fourth-order valence-electron chi connectivity index (χ4n) is 2.44. The average molecular weight is 362 g/mol. The molecule has 0 aliphatic carbocycles. The molecule has 1 heterocycles. The van der Waals surface area contributed by atoms with Crippen LogP contribution in [0.2, 0.25) is 0 Å². The first-order chi connectivity index (χ1) is 11.8. The van der Waals surface area contributed by atoms with Gasteiger partial charge in [-0.3, -0.25) is 4.72 Å². The van der Waals surface area contributed by atoms with Crippen molar-refractivity contribution >= 4 is 32.4 Å². The van der Waals surface area contributed by atoms with Crippen LogP contribution in [0.5, 0.6) is 0 Å². The van der Waals surface area contributed by atoms with Crippen LogP contribution in [0.1, 0.15) is 5.56 Å². The van der Waals surface area contributed by atoms with Crippen molar-refractivity contribution in [2.45, 2.75) is 11.8 Å². The summed E-state index contributed by atoms with van der Waals surface area (Å²) in [6.07, 6.45) is 0. The Labute approximate surface area is 143 Å². The number of rotatable bonds is 4. The average Bonchev–Trinajstić information content (AvgIpc) is 2.57. The molecule has 25 heavy (non-hydrogen) atoms. The minimum Gasteiger partial charge on any atom is -0.421 e. The molecule has 130 valence electrons. The third-order valence-electron chi connectivity index (χ3n) is 3.75. The quantitative estimate of drug-likeness (QED) is 0.697. The lowest BCUT2D eigenvalue weighted by molar-refractivity contribution is 0.563. The minimum atomic E-state index is -4.17. The second-order valence-electron chi connectivity index (χ2n) is 5.40. The van der Waals surface area contributed by atoms with E-state index in [1.54, 1.807) is 31.3 Å². The van der Waals surface area contributed by atoms with Crippen LogP contribution in [0, 0.1) is 12.7 Å². The molecule has 0 atom stereocenters. The second kappa shape index (κ2) is 6.21. The van der Waals surface area contributed by atoms with Gasteiger partial charge in [-0.25, -0.2) is 17.6 Å². The molecule has 1 aromatic heterocycles. The highest BCUT2D eigenvalue weighted by atomic mass is 32.2. The molecule has 0 fully saturated rings. The van der Waals surface area contributed by atoms with Crippen molar-refractivity contribution in [1.29, 1.82) is 0 Å². The van der Waals surface area contributed by atoms with Crippen molar-refractivity contribution in [3.8, 4) is 0 Å². The number of halogens is 1. The molecule has 8 heteroatoms. The zero-order chi connectivity index (χ0) is 18.2. The van der Waals surface area contributed by atoms with Crippen molar-refractivity contribution in [2.75, 3.05) is 17.1 Å². The molecule has 0 unspecified atom stereocenters. The van der Waals surface area contributed by atoms with Gasteiger partial charge in [-0.05, 0) is 36.8 Å². The summed E-state index contributed by atoms with van der Waals surface area (Å²) in [6, 6.07) is 10.2. The predicted molar refractivity (Wildman–Crippen MR) is 94.0 cm³/mol. The van der Waals surface area contributed by atoms with Crippen LogP contribution in [0.4, 0.5) is 15.8 Å². The van der Waals surface area contributed by atoms with E-state index in [-0.39, 0.29) is 16.3 Å². The molecule has 2 aromatic carbocycles. The number of sulfonamides is 1. The summed E-state index contributed by atoms with van der Waals surface area (Å²) < 4.78 is 46.1. The van der Waals surface area contributed by atoms with Crippen molar-refractivity contribution in [1.82, 2.24) is 0 Å².